The minimum Gasteiger partial charge on any atom is -0.497 e. The van der Waals surface area contributed by atoms with Crippen molar-refractivity contribution in [3.05, 3.63) is 151 Å². The molecule has 0 unspecified atom stereocenters. The van der Waals surface area contributed by atoms with E-state index in [0.717, 1.165) is 39.3 Å². The summed E-state index contributed by atoms with van der Waals surface area (Å²) in [5, 5.41) is 19.0. The molecular formula is C37H32Cl4N2O4. The van der Waals surface area contributed by atoms with Gasteiger partial charge in [0.1, 0.15) is 28.5 Å². The Balaban J connectivity index is 1.44. The lowest BCUT2D eigenvalue weighted by molar-refractivity contribution is 0.0147. The van der Waals surface area contributed by atoms with Crippen LogP contribution in [0.1, 0.15) is 27.8 Å². The van der Waals surface area contributed by atoms with E-state index in [1.165, 1.54) is 0 Å². The molecule has 0 fully saturated rings. The fourth-order valence-electron chi connectivity index (χ4n) is 5.34. The van der Waals surface area contributed by atoms with Crippen LogP contribution in [0.4, 0.5) is 11.4 Å². The summed E-state index contributed by atoms with van der Waals surface area (Å²) in [5.41, 5.74) is 4.10. The van der Waals surface area contributed by atoms with Crippen LogP contribution < -0.4 is 9.47 Å². The van der Waals surface area contributed by atoms with Crippen LogP contribution in [-0.2, 0) is 23.2 Å². The fourth-order valence-corrected chi connectivity index (χ4v) is 6.56. The van der Waals surface area contributed by atoms with E-state index in [4.69, 9.17) is 60.6 Å². The van der Waals surface area contributed by atoms with Crippen LogP contribution in [0.15, 0.2) is 113 Å². The lowest BCUT2D eigenvalue weighted by Gasteiger charge is -2.36. The third-order valence-corrected chi connectivity index (χ3v) is 8.84. The van der Waals surface area contributed by atoms with Gasteiger partial charge < -0.3 is 19.3 Å². The molecule has 10 heteroatoms. The van der Waals surface area contributed by atoms with Gasteiger partial charge in [0, 0.05) is 6.61 Å². The summed E-state index contributed by atoms with van der Waals surface area (Å²) >= 11 is 26.1. The van der Waals surface area contributed by atoms with Gasteiger partial charge in [-0.25, -0.2) is 0 Å². The molecule has 5 aromatic rings. The molecule has 5 rings (SSSR count). The van der Waals surface area contributed by atoms with Crippen molar-refractivity contribution in [3.8, 4) is 11.5 Å². The summed E-state index contributed by atoms with van der Waals surface area (Å²) < 4.78 is 17.8. The largest absolute Gasteiger partial charge is 0.497 e. The highest BCUT2D eigenvalue weighted by Crippen LogP contribution is 2.43. The molecule has 0 heterocycles. The minimum atomic E-state index is -0.952. The zero-order valence-corrected chi connectivity index (χ0v) is 28.7. The molecule has 0 aromatic heterocycles. The van der Waals surface area contributed by atoms with Crippen molar-refractivity contribution < 1.29 is 19.3 Å². The van der Waals surface area contributed by atoms with Crippen LogP contribution in [-0.4, -0.2) is 32.5 Å². The van der Waals surface area contributed by atoms with Crippen molar-refractivity contribution in [2.45, 2.75) is 18.4 Å². The van der Waals surface area contributed by atoms with Gasteiger partial charge in [-0.1, -0.05) is 101 Å². The number of nitrogens with zero attached hydrogens (tertiary/aromatic N) is 2. The Bertz CT molecular complexity index is 1740. The zero-order chi connectivity index (χ0) is 33.4. The van der Waals surface area contributed by atoms with E-state index in [9.17, 15) is 5.11 Å². The molecule has 6 nitrogen and oxygen atoms in total. The molecule has 0 aliphatic heterocycles. The number of methoxy groups -OCH3 is 2. The zero-order valence-electron chi connectivity index (χ0n) is 25.7. The quantitative estimate of drug-likeness (QED) is 0.0975. The first kappa shape index (κ1) is 34.7. The van der Waals surface area contributed by atoms with E-state index in [0.29, 0.717) is 45.2 Å². The molecule has 0 aliphatic carbocycles. The van der Waals surface area contributed by atoms with Crippen LogP contribution in [0.5, 0.6) is 11.5 Å². The second-order valence-electron chi connectivity index (χ2n) is 10.6. The number of halogens is 4. The van der Waals surface area contributed by atoms with Crippen molar-refractivity contribution in [2.24, 2.45) is 10.2 Å². The standard InChI is InChI=1S/C37H32Cl4N2O4/c1-45-29-12-8-27(9-13-29)37(26-6-4-3-5-7-26,28-10-14-30(46-2)15-11-28)47-19-17-25-22-33(40)36(34(41)23-25)43-42-35-31(38)20-24(16-18-44)21-32(35)39/h3-15,20-23,44H,16-19H2,1-2H3/b43-42+. The number of hydrogen-bond donors (Lipinski definition) is 1. The lowest BCUT2D eigenvalue weighted by atomic mass is 9.80. The first-order chi connectivity index (χ1) is 22.8. The Kier molecular flexibility index (Phi) is 11.8. The predicted molar refractivity (Wildman–Crippen MR) is 190 cm³/mol. The molecule has 0 amide bonds. The van der Waals surface area contributed by atoms with Crippen molar-refractivity contribution >= 4 is 57.8 Å². The highest BCUT2D eigenvalue weighted by atomic mass is 35.5. The molecule has 0 bridgehead atoms. The maximum atomic E-state index is 9.22. The summed E-state index contributed by atoms with van der Waals surface area (Å²) in [6.07, 6.45) is 0.925. The number of aliphatic hydroxyl groups excluding tert-OH is 1. The van der Waals surface area contributed by atoms with E-state index in [1.54, 1.807) is 38.5 Å². The topological polar surface area (TPSA) is 72.6 Å². The van der Waals surface area contributed by atoms with Gasteiger partial charge in [-0.05, 0) is 89.2 Å². The SMILES string of the molecule is COc1ccc(C(OCCc2cc(Cl)c(/N=N/c3c(Cl)cc(CCO)cc3Cl)c(Cl)c2)(c2ccccc2)c2ccc(OC)cc2)cc1. The van der Waals surface area contributed by atoms with Crippen molar-refractivity contribution in [2.75, 3.05) is 27.4 Å². The number of aliphatic hydroxyl groups is 1. The van der Waals surface area contributed by atoms with Crippen LogP contribution in [0.3, 0.4) is 0 Å². The van der Waals surface area contributed by atoms with E-state index in [1.807, 2.05) is 66.7 Å². The number of azo groups is 1. The molecule has 242 valence electrons. The minimum absolute atomic E-state index is 0.0215. The van der Waals surface area contributed by atoms with Crippen molar-refractivity contribution in [1.82, 2.24) is 0 Å². The lowest BCUT2D eigenvalue weighted by Crippen LogP contribution is -2.33. The van der Waals surface area contributed by atoms with Crippen molar-refractivity contribution in [3.63, 3.8) is 0 Å². The van der Waals surface area contributed by atoms with Gasteiger partial charge in [0.2, 0.25) is 0 Å². The molecule has 5 aromatic carbocycles. The monoisotopic (exact) mass is 708 g/mol. The van der Waals surface area contributed by atoms with E-state index in [2.05, 4.69) is 22.4 Å². The summed E-state index contributed by atoms with van der Waals surface area (Å²) in [5.74, 6) is 1.49. The average molecular weight is 710 g/mol. The average Bonchev–Trinajstić information content (AvgIpc) is 3.08. The highest BCUT2D eigenvalue weighted by molar-refractivity contribution is 6.39. The molecule has 0 saturated carbocycles. The Hall–Kier alpha value is -3.62. The number of rotatable bonds is 13. The fraction of sp³-hybridized carbons (Fsp3) is 0.189. The normalized spacial score (nSPS) is 11.6. The summed E-state index contributed by atoms with van der Waals surface area (Å²) in [7, 11) is 3.29. The van der Waals surface area contributed by atoms with E-state index < -0.39 is 5.60 Å². The first-order valence-corrected chi connectivity index (χ1v) is 16.3. The number of hydrogen-bond acceptors (Lipinski definition) is 6. The molecule has 47 heavy (non-hydrogen) atoms. The maximum Gasteiger partial charge on any atom is 0.143 e. The third kappa shape index (κ3) is 7.92. The smallest absolute Gasteiger partial charge is 0.143 e. The predicted octanol–water partition coefficient (Wildman–Crippen LogP) is 10.8. The maximum absolute atomic E-state index is 9.22. The van der Waals surface area contributed by atoms with E-state index >= 15 is 0 Å². The Morgan fingerprint density at radius 1 is 0.574 bits per heavy atom. The molecule has 0 aliphatic rings. The highest BCUT2D eigenvalue weighted by Gasteiger charge is 2.37. The van der Waals surface area contributed by atoms with Crippen LogP contribution in [0.2, 0.25) is 20.1 Å². The van der Waals surface area contributed by atoms with Gasteiger partial charge in [0.05, 0.1) is 40.9 Å². The summed E-state index contributed by atoms with van der Waals surface area (Å²) in [4.78, 5) is 0. The van der Waals surface area contributed by atoms with Gasteiger partial charge in [-0.15, -0.1) is 10.2 Å². The summed E-state index contributed by atoms with van der Waals surface area (Å²) in [6.45, 7) is 0.304. The van der Waals surface area contributed by atoms with E-state index in [-0.39, 0.29) is 12.3 Å². The summed E-state index contributed by atoms with van der Waals surface area (Å²) in [6, 6.07) is 32.8. The van der Waals surface area contributed by atoms with Gasteiger partial charge in [0.25, 0.3) is 0 Å². The van der Waals surface area contributed by atoms with Gasteiger partial charge >= 0.3 is 0 Å². The third-order valence-electron chi connectivity index (χ3n) is 7.69. The van der Waals surface area contributed by atoms with Crippen LogP contribution >= 0.6 is 46.4 Å². The van der Waals surface area contributed by atoms with Crippen LogP contribution in [0, 0.1) is 0 Å². The Labute approximate surface area is 294 Å². The molecular weight excluding hydrogens is 678 g/mol. The van der Waals surface area contributed by atoms with Gasteiger partial charge in [0.15, 0.2) is 0 Å². The molecule has 0 atom stereocenters. The Morgan fingerprint density at radius 3 is 1.38 bits per heavy atom. The number of benzene rings is 5. The van der Waals surface area contributed by atoms with Gasteiger partial charge in [-0.3, -0.25) is 0 Å². The second kappa shape index (κ2) is 16.0. The van der Waals surface area contributed by atoms with Crippen molar-refractivity contribution in [1.29, 1.82) is 0 Å². The van der Waals surface area contributed by atoms with Gasteiger partial charge in [-0.2, -0.15) is 0 Å². The number of ether oxygens (including phenoxy) is 3. The molecule has 1 N–H and O–H groups in total. The Morgan fingerprint density at radius 2 is 0.979 bits per heavy atom. The molecule has 0 radical (unpaired) electrons. The molecule has 0 spiro atoms. The second-order valence-corrected chi connectivity index (χ2v) is 12.2. The molecule has 0 saturated heterocycles. The first-order valence-electron chi connectivity index (χ1n) is 14.8. The van der Waals surface area contributed by atoms with Crippen LogP contribution in [0.25, 0.3) is 0 Å².